The van der Waals surface area contributed by atoms with Gasteiger partial charge in [-0.05, 0) is 14.0 Å². The van der Waals surface area contributed by atoms with Gasteiger partial charge in [0, 0.05) is 13.1 Å². The summed E-state index contributed by atoms with van der Waals surface area (Å²) in [5.41, 5.74) is 5.23. The van der Waals surface area contributed by atoms with Crippen LogP contribution in [0.4, 0.5) is 0 Å². The van der Waals surface area contributed by atoms with Crippen LogP contribution in [0.25, 0.3) is 0 Å². The fourth-order valence-corrected chi connectivity index (χ4v) is 0.996. The van der Waals surface area contributed by atoms with Gasteiger partial charge in [-0.25, -0.2) is 0 Å². The molecule has 0 rings (SSSR count). The molecule has 6 heteroatoms. The van der Waals surface area contributed by atoms with Gasteiger partial charge in [0.1, 0.15) is 0 Å². The molecule has 15 heavy (non-hydrogen) atoms. The van der Waals surface area contributed by atoms with Gasteiger partial charge >= 0.3 is 5.97 Å². The Morgan fingerprint density at radius 2 is 2.07 bits per heavy atom. The van der Waals surface area contributed by atoms with E-state index in [0.717, 1.165) is 0 Å². The minimum Gasteiger partial charge on any atom is -0.465 e. The molecule has 0 fully saturated rings. The number of nitrogens with two attached hydrogens (primary N) is 1. The Kier molecular flexibility index (Phi) is 7.57. The van der Waals surface area contributed by atoms with E-state index in [-0.39, 0.29) is 25.0 Å². The molecule has 0 aromatic carbocycles. The number of amides is 1. The van der Waals surface area contributed by atoms with E-state index < -0.39 is 0 Å². The zero-order valence-electron chi connectivity index (χ0n) is 9.28. The normalized spacial score (nSPS) is 10.1. The third kappa shape index (κ3) is 7.90. The van der Waals surface area contributed by atoms with Gasteiger partial charge < -0.3 is 15.8 Å². The van der Waals surface area contributed by atoms with Crippen LogP contribution in [0.2, 0.25) is 0 Å². The third-order valence-electron chi connectivity index (χ3n) is 1.58. The van der Waals surface area contributed by atoms with Gasteiger partial charge in [0.25, 0.3) is 0 Å². The molecule has 1 amide bonds. The summed E-state index contributed by atoms with van der Waals surface area (Å²) in [7, 11) is 1.68. The molecule has 0 saturated heterocycles. The van der Waals surface area contributed by atoms with Crippen molar-refractivity contribution < 1.29 is 14.3 Å². The van der Waals surface area contributed by atoms with Crippen LogP contribution < -0.4 is 11.1 Å². The number of nitrogens with one attached hydrogen (secondary N) is 1. The molecule has 0 bridgehead atoms. The molecule has 0 heterocycles. The molecule has 0 radical (unpaired) electrons. The summed E-state index contributed by atoms with van der Waals surface area (Å²) in [5, 5.41) is 2.61. The van der Waals surface area contributed by atoms with Crippen molar-refractivity contribution >= 4 is 11.9 Å². The predicted octanol–water partition coefficient (Wildman–Crippen LogP) is -1.44. The number of hydrogen-bond acceptors (Lipinski definition) is 5. The lowest BCUT2D eigenvalue weighted by atomic mass is 10.4. The minimum atomic E-state index is -0.327. The first-order chi connectivity index (χ1) is 7.10. The number of hydrogen-bond donors (Lipinski definition) is 2. The molecule has 0 aliphatic carbocycles. The molecule has 0 aliphatic heterocycles. The minimum absolute atomic E-state index is 0.115. The summed E-state index contributed by atoms with van der Waals surface area (Å²) in [5.74, 6) is -0.473. The van der Waals surface area contributed by atoms with Crippen LogP contribution in [0.15, 0.2) is 0 Å². The van der Waals surface area contributed by atoms with Gasteiger partial charge in [-0.3, -0.25) is 14.5 Å². The van der Waals surface area contributed by atoms with E-state index in [4.69, 9.17) is 10.5 Å². The van der Waals surface area contributed by atoms with Crippen molar-refractivity contribution in [1.82, 2.24) is 10.2 Å². The van der Waals surface area contributed by atoms with Crippen LogP contribution in [-0.2, 0) is 14.3 Å². The quantitative estimate of drug-likeness (QED) is 0.510. The zero-order valence-corrected chi connectivity index (χ0v) is 9.28. The Bertz CT molecular complexity index is 209. The number of esters is 1. The van der Waals surface area contributed by atoms with Crippen molar-refractivity contribution in [1.29, 1.82) is 0 Å². The highest BCUT2D eigenvalue weighted by Gasteiger charge is 2.10. The van der Waals surface area contributed by atoms with E-state index in [1.54, 1.807) is 18.9 Å². The fourth-order valence-electron chi connectivity index (χ4n) is 0.996. The molecule has 0 unspecified atom stereocenters. The van der Waals surface area contributed by atoms with E-state index in [0.29, 0.717) is 19.7 Å². The Morgan fingerprint density at radius 1 is 1.40 bits per heavy atom. The summed E-state index contributed by atoms with van der Waals surface area (Å²) in [6.45, 7) is 3.24. The molecule has 0 atom stereocenters. The van der Waals surface area contributed by atoms with E-state index >= 15 is 0 Å². The van der Waals surface area contributed by atoms with Crippen molar-refractivity contribution in [3.8, 4) is 0 Å². The Balaban J connectivity index is 3.67. The molecule has 6 nitrogen and oxygen atoms in total. The second kappa shape index (κ2) is 8.19. The van der Waals surface area contributed by atoms with E-state index in [2.05, 4.69) is 5.32 Å². The molecule has 3 N–H and O–H groups in total. The van der Waals surface area contributed by atoms with Gasteiger partial charge in [-0.2, -0.15) is 0 Å². The summed E-state index contributed by atoms with van der Waals surface area (Å²) < 4.78 is 4.74. The van der Waals surface area contributed by atoms with Crippen molar-refractivity contribution in [2.24, 2.45) is 5.73 Å². The van der Waals surface area contributed by atoms with Crippen LogP contribution in [0.3, 0.4) is 0 Å². The number of carbonyl (C=O) groups is 2. The molecule has 0 saturated carbocycles. The smallest absolute Gasteiger partial charge is 0.320 e. The number of likely N-dealkylation sites (N-methyl/N-ethyl adjacent to an activating group) is 1. The zero-order chi connectivity index (χ0) is 11.7. The SMILES string of the molecule is CCOC(=O)CN(C)CC(=O)NCCN. The first kappa shape index (κ1) is 13.9. The number of carbonyl (C=O) groups excluding carboxylic acids is 2. The summed E-state index contributed by atoms with van der Waals surface area (Å²) >= 11 is 0. The van der Waals surface area contributed by atoms with Gasteiger partial charge in [-0.1, -0.05) is 0 Å². The lowest BCUT2D eigenvalue weighted by molar-refractivity contribution is -0.144. The number of rotatable bonds is 7. The maximum atomic E-state index is 11.2. The highest BCUT2D eigenvalue weighted by Crippen LogP contribution is 1.85. The topological polar surface area (TPSA) is 84.7 Å². The predicted molar refractivity (Wildman–Crippen MR) is 56.2 cm³/mol. The molecule has 0 spiro atoms. The average molecular weight is 217 g/mol. The summed E-state index contributed by atoms with van der Waals surface area (Å²) in [6, 6.07) is 0. The molecule has 0 aromatic heterocycles. The van der Waals surface area contributed by atoms with E-state index in [1.165, 1.54) is 0 Å². The molecule has 0 aromatic rings. The first-order valence-electron chi connectivity index (χ1n) is 4.91. The summed E-state index contributed by atoms with van der Waals surface area (Å²) in [4.78, 5) is 23.8. The second-order valence-corrected chi connectivity index (χ2v) is 3.12. The Hall–Kier alpha value is -1.14. The van der Waals surface area contributed by atoms with Crippen molar-refractivity contribution in [3.05, 3.63) is 0 Å². The third-order valence-corrected chi connectivity index (χ3v) is 1.58. The maximum absolute atomic E-state index is 11.2. The molecular formula is C9H19N3O3. The highest BCUT2D eigenvalue weighted by atomic mass is 16.5. The molecule has 88 valence electrons. The lowest BCUT2D eigenvalue weighted by Crippen LogP contribution is -2.39. The van der Waals surface area contributed by atoms with Gasteiger partial charge in [0.2, 0.25) is 5.91 Å². The van der Waals surface area contributed by atoms with Gasteiger partial charge in [0.05, 0.1) is 19.7 Å². The van der Waals surface area contributed by atoms with E-state index in [9.17, 15) is 9.59 Å². The van der Waals surface area contributed by atoms with Gasteiger partial charge in [-0.15, -0.1) is 0 Å². The monoisotopic (exact) mass is 217 g/mol. The van der Waals surface area contributed by atoms with Crippen LogP contribution in [-0.4, -0.2) is 56.6 Å². The number of ether oxygens (including phenoxy) is 1. The Labute approximate surface area is 89.7 Å². The second-order valence-electron chi connectivity index (χ2n) is 3.12. The average Bonchev–Trinajstić information content (AvgIpc) is 2.14. The van der Waals surface area contributed by atoms with Crippen molar-refractivity contribution in [3.63, 3.8) is 0 Å². The van der Waals surface area contributed by atoms with Crippen LogP contribution in [0.1, 0.15) is 6.92 Å². The van der Waals surface area contributed by atoms with E-state index in [1.807, 2.05) is 0 Å². The van der Waals surface area contributed by atoms with Crippen LogP contribution >= 0.6 is 0 Å². The number of nitrogens with zero attached hydrogens (tertiary/aromatic N) is 1. The Morgan fingerprint density at radius 3 is 2.60 bits per heavy atom. The first-order valence-corrected chi connectivity index (χ1v) is 4.91. The lowest BCUT2D eigenvalue weighted by Gasteiger charge is -2.14. The summed E-state index contributed by atoms with van der Waals surface area (Å²) in [6.07, 6.45) is 0. The standard InChI is InChI=1S/C9H19N3O3/c1-3-15-9(14)7-12(2)6-8(13)11-5-4-10/h3-7,10H2,1-2H3,(H,11,13). The highest BCUT2D eigenvalue weighted by molar-refractivity contribution is 5.79. The van der Waals surface area contributed by atoms with Gasteiger partial charge in [0.15, 0.2) is 0 Å². The van der Waals surface area contributed by atoms with Crippen LogP contribution in [0.5, 0.6) is 0 Å². The van der Waals surface area contributed by atoms with Crippen molar-refractivity contribution in [2.75, 3.05) is 39.8 Å². The van der Waals surface area contributed by atoms with Crippen LogP contribution in [0, 0.1) is 0 Å². The fraction of sp³-hybridized carbons (Fsp3) is 0.778. The molecular weight excluding hydrogens is 198 g/mol. The maximum Gasteiger partial charge on any atom is 0.320 e. The largest absolute Gasteiger partial charge is 0.465 e. The molecule has 0 aliphatic rings. The van der Waals surface area contributed by atoms with Crippen molar-refractivity contribution in [2.45, 2.75) is 6.92 Å².